The van der Waals surface area contributed by atoms with Crippen molar-refractivity contribution >= 4 is 17.3 Å². The van der Waals surface area contributed by atoms with Gasteiger partial charge in [-0.3, -0.25) is 10.1 Å². The number of aromatic amines is 1. The van der Waals surface area contributed by atoms with E-state index in [4.69, 9.17) is 15.2 Å². The lowest BCUT2D eigenvalue weighted by molar-refractivity contribution is 0.0600. The van der Waals surface area contributed by atoms with Crippen LogP contribution in [0.1, 0.15) is 20.4 Å². The zero-order valence-corrected chi connectivity index (χ0v) is 18.4. The number of H-pyrrole nitrogens is 1. The zero-order chi connectivity index (χ0) is 22.3. The Morgan fingerprint density at radius 1 is 1.28 bits per heavy atom. The van der Waals surface area contributed by atoms with Crippen molar-refractivity contribution in [3.05, 3.63) is 70.6 Å². The minimum atomic E-state index is -0.402. The predicted molar refractivity (Wildman–Crippen MR) is 123 cm³/mol. The van der Waals surface area contributed by atoms with E-state index in [1.807, 2.05) is 42.6 Å². The van der Waals surface area contributed by atoms with Gasteiger partial charge in [-0.15, -0.1) is 11.3 Å². The molecule has 1 aromatic carbocycles. The molecule has 0 saturated heterocycles. The Hall–Kier alpha value is -3.56. The van der Waals surface area contributed by atoms with Crippen LogP contribution in [-0.4, -0.2) is 46.4 Å². The number of pyridine rings is 1. The summed E-state index contributed by atoms with van der Waals surface area (Å²) in [6.07, 6.45) is 6.98. The van der Waals surface area contributed by atoms with Gasteiger partial charge in [0.15, 0.2) is 0 Å². The van der Waals surface area contributed by atoms with E-state index in [1.165, 1.54) is 18.4 Å². The molecule has 9 heteroatoms. The van der Waals surface area contributed by atoms with Gasteiger partial charge >= 0.3 is 5.97 Å². The summed E-state index contributed by atoms with van der Waals surface area (Å²) in [6.45, 7) is 1.23. The van der Waals surface area contributed by atoms with Crippen molar-refractivity contribution in [3.63, 3.8) is 0 Å². The molecule has 1 aliphatic heterocycles. The summed E-state index contributed by atoms with van der Waals surface area (Å²) in [7, 11) is 1.36. The number of ether oxygens (including phenoxy) is 2. The Morgan fingerprint density at radius 3 is 2.91 bits per heavy atom. The van der Waals surface area contributed by atoms with Crippen molar-refractivity contribution < 1.29 is 14.3 Å². The van der Waals surface area contributed by atoms with E-state index < -0.39 is 5.97 Å². The number of methoxy groups -OCH3 is 1. The first-order chi connectivity index (χ1) is 15.7. The van der Waals surface area contributed by atoms with Crippen molar-refractivity contribution in [2.45, 2.75) is 12.8 Å². The Bertz CT molecular complexity index is 1180. The first kappa shape index (κ1) is 21.7. The van der Waals surface area contributed by atoms with E-state index >= 15 is 0 Å². The molecule has 0 spiro atoms. The number of nitrogens with zero attached hydrogens (tertiary/aromatic N) is 3. The molecule has 3 aromatic heterocycles. The van der Waals surface area contributed by atoms with Crippen molar-refractivity contribution in [1.29, 1.82) is 0 Å². The molecule has 0 fully saturated rings. The van der Waals surface area contributed by atoms with Crippen LogP contribution in [0.2, 0.25) is 0 Å². The quantitative estimate of drug-likeness (QED) is 0.458. The van der Waals surface area contributed by atoms with Crippen LogP contribution >= 0.6 is 11.3 Å². The molecule has 0 bridgehead atoms. The molecule has 3 N–H and O–H groups in total. The fourth-order valence-electron chi connectivity index (χ4n) is 3.28. The topological polar surface area (TPSA) is 116 Å². The van der Waals surface area contributed by atoms with Gasteiger partial charge in [0.25, 0.3) is 0 Å². The highest BCUT2D eigenvalue weighted by molar-refractivity contribution is 7.14. The van der Waals surface area contributed by atoms with Crippen LogP contribution in [0, 0.1) is 0 Å². The highest BCUT2D eigenvalue weighted by atomic mass is 32.1. The summed E-state index contributed by atoms with van der Waals surface area (Å²) >= 11 is 1.37. The molecular formula is C23H23N5O3S. The average molecular weight is 450 g/mol. The standard InChI is InChI=1S/C16H13N3O3S.C7H10N2/c1-21-16(20)15-19-14-11-3-2-9(10-7-17-18-8-10)6-12(11)22-5-4-13(14)23-15;8-5-4-7-3-1-2-6-9-7/h2-3,6-8H,4-5H2,1H3,(H,17,18);1-3,6H,4-5,8H2. The molecule has 4 heterocycles. The number of esters is 1. The van der Waals surface area contributed by atoms with Gasteiger partial charge in [-0.05, 0) is 36.4 Å². The lowest BCUT2D eigenvalue weighted by atomic mass is 10.0. The third-order valence-electron chi connectivity index (χ3n) is 4.84. The van der Waals surface area contributed by atoms with Gasteiger partial charge in [0, 0.05) is 46.9 Å². The van der Waals surface area contributed by atoms with Crippen LogP contribution in [-0.2, 0) is 17.6 Å². The fraction of sp³-hybridized carbons (Fsp3) is 0.217. The van der Waals surface area contributed by atoms with Gasteiger partial charge in [0.1, 0.15) is 5.75 Å². The van der Waals surface area contributed by atoms with E-state index in [1.54, 1.807) is 12.4 Å². The molecule has 0 saturated carbocycles. The first-order valence-corrected chi connectivity index (χ1v) is 11.0. The molecule has 4 aromatic rings. The highest BCUT2D eigenvalue weighted by Crippen LogP contribution is 2.39. The van der Waals surface area contributed by atoms with Gasteiger partial charge in [-0.2, -0.15) is 5.10 Å². The molecule has 0 radical (unpaired) electrons. The molecule has 164 valence electrons. The largest absolute Gasteiger partial charge is 0.492 e. The minimum absolute atomic E-state index is 0.379. The molecular weight excluding hydrogens is 426 g/mol. The maximum atomic E-state index is 11.7. The highest BCUT2D eigenvalue weighted by Gasteiger charge is 2.23. The average Bonchev–Trinajstić information content (AvgIpc) is 3.48. The first-order valence-electron chi connectivity index (χ1n) is 10.1. The number of thiazole rings is 1. The molecule has 0 unspecified atom stereocenters. The summed E-state index contributed by atoms with van der Waals surface area (Å²) in [4.78, 5) is 21.3. The Balaban J connectivity index is 0.000000230. The molecule has 0 amide bonds. The molecule has 0 atom stereocenters. The maximum absolute atomic E-state index is 11.7. The number of rotatable bonds is 4. The van der Waals surface area contributed by atoms with Crippen LogP contribution < -0.4 is 10.5 Å². The third-order valence-corrected chi connectivity index (χ3v) is 5.93. The van der Waals surface area contributed by atoms with Gasteiger partial charge in [0.2, 0.25) is 5.01 Å². The molecule has 0 aliphatic carbocycles. The lowest BCUT2D eigenvalue weighted by Gasteiger charge is -2.08. The summed E-state index contributed by atoms with van der Waals surface area (Å²) < 4.78 is 10.6. The maximum Gasteiger partial charge on any atom is 0.367 e. The van der Waals surface area contributed by atoms with Crippen LogP contribution in [0.3, 0.4) is 0 Å². The summed E-state index contributed by atoms with van der Waals surface area (Å²) in [6, 6.07) is 11.8. The van der Waals surface area contributed by atoms with Crippen molar-refractivity contribution in [2.75, 3.05) is 20.3 Å². The predicted octanol–water partition coefficient (Wildman–Crippen LogP) is 3.50. The number of fused-ring (bicyclic) bond motifs is 3. The van der Waals surface area contributed by atoms with Crippen molar-refractivity contribution in [1.82, 2.24) is 20.2 Å². The van der Waals surface area contributed by atoms with Gasteiger partial charge < -0.3 is 15.2 Å². The molecule has 1 aliphatic rings. The van der Waals surface area contributed by atoms with E-state index in [9.17, 15) is 4.79 Å². The number of nitrogens with one attached hydrogen (secondary N) is 1. The number of hydrogen-bond acceptors (Lipinski definition) is 8. The van der Waals surface area contributed by atoms with E-state index in [2.05, 4.69) is 20.2 Å². The second kappa shape index (κ2) is 10.2. The second-order valence-corrected chi connectivity index (χ2v) is 8.02. The van der Waals surface area contributed by atoms with E-state index in [-0.39, 0.29) is 0 Å². The number of hydrogen-bond donors (Lipinski definition) is 2. The van der Waals surface area contributed by atoms with Crippen molar-refractivity contribution in [2.24, 2.45) is 5.73 Å². The van der Waals surface area contributed by atoms with Gasteiger partial charge in [0.05, 0.1) is 25.6 Å². The SMILES string of the molecule is COC(=O)c1nc2c(s1)CCOc1cc(-c3cn[nH]c3)ccc1-2.NCCc1ccccn1. The van der Waals surface area contributed by atoms with Crippen molar-refractivity contribution in [3.8, 4) is 28.1 Å². The summed E-state index contributed by atoms with van der Waals surface area (Å²) in [5.41, 5.74) is 10.1. The fourth-order valence-corrected chi connectivity index (χ4v) is 4.25. The van der Waals surface area contributed by atoms with Crippen LogP contribution in [0.15, 0.2) is 55.0 Å². The molecule has 8 nitrogen and oxygen atoms in total. The number of nitrogens with two attached hydrogens (primary N) is 1. The third kappa shape index (κ3) is 4.84. The number of aromatic nitrogens is 4. The number of benzene rings is 1. The Labute approximate surface area is 189 Å². The lowest BCUT2D eigenvalue weighted by Crippen LogP contribution is -2.03. The smallest absolute Gasteiger partial charge is 0.367 e. The minimum Gasteiger partial charge on any atom is -0.492 e. The normalized spacial score (nSPS) is 11.8. The monoisotopic (exact) mass is 449 g/mol. The van der Waals surface area contributed by atoms with E-state index in [0.717, 1.165) is 51.5 Å². The van der Waals surface area contributed by atoms with Gasteiger partial charge in [-0.25, -0.2) is 9.78 Å². The number of carbonyl (C=O) groups excluding carboxylic acids is 1. The number of carbonyl (C=O) groups is 1. The van der Waals surface area contributed by atoms with Gasteiger partial charge in [-0.1, -0.05) is 12.1 Å². The van der Waals surface area contributed by atoms with Crippen LogP contribution in [0.5, 0.6) is 5.75 Å². The second-order valence-electron chi connectivity index (χ2n) is 6.94. The van der Waals surface area contributed by atoms with Crippen LogP contribution in [0.4, 0.5) is 0 Å². The Morgan fingerprint density at radius 2 is 2.19 bits per heavy atom. The zero-order valence-electron chi connectivity index (χ0n) is 17.6. The van der Waals surface area contributed by atoms with Crippen LogP contribution in [0.25, 0.3) is 22.4 Å². The Kier molecular flexibility index (Phi) is 6.88. The molecule has 5 rings (SSSR count). The van der Waals surface area contributed by atoms with E-state index in [0.29, 0.717) is 18.2 Å². The molecule has 32 heavy (non-hydrogen) atoms. The summed E-state index contributed by atoms with van der Waals surface area (Å²) in [5.74, 6) is 0.365. The summed E-state index contributed by atoms with van der Waals surface area (Å²) in [5, 5.41) is 7.15.